The monoisotopic (exact) mass is 511 g/mol. The van der Waals surface area contributed by atoms with Crippen LogP contribution >= 0.6 is 11.6 Å². The van der Waals surface area contributed by atoms with E-state index >= 15 is 0 Å². The molecule has 1 heterocycles. The first kappa shape index (κ1) is 23.8. The van der Waals surface area contributed by atoms with Crippen LogP contribution in [0.25, 0.3) is 0 Å². The molecule has 6 nitrogen and oxygen atoms in total. The van der Waals surface area contributed by atoms with E-state index in [1.165, 1.54) is 18.2 Å². The van der Waals surface area contributed by atoms with Crippen molar-refractivity contribution in [1.29, 1.82) is 0 Å². The Labute approximate surface area is 210 Å². The quantitative estimate of drug-likeness (QED) is 0.490. The summed E-state index contributed by atoms with van der Waals surface area (Å²) in [5, 5.41) is 0.107. The Morgan fingerprint density at radius 1 is 0.914 bits per heavy atom. The van der Waals surface area contributed by atoms with Crippen molar-refractivity contribution in [1.82, 2.24) is 4.90 Å². The summed E-state index contributed by atoms with van der Waals surface area (Å²) >= 11 is 6.52. The van der Waals surface area contributed by atoms with Gasteiger partial charge in [0.25, 0.3) is 0 Å². The third kappa shape index (κ3) is 4.21. The summed E-state index contributed by atoms with van der Waals surface area (Å²) in [6, 6.07) is 12.7. The molecule has 2 aromatic rings. The number of ketones is 2. The maximum absolute atomic E-state index is 13.2. The molecule has 0 amide bonds. The third-order valence-electron chi connectivity index (χ3n) is 6.92. The number of Topliss-reactive ketones (excluding diaryl/α,β-unsaturated/α-hetero) is 2. The molecule has 1 aliphatic heterocycles. The summed E-state index contributed by atoms with van der Waals surface area (Å²) < 4.78 is 30.7. The van der Waals surface area contributed by atoms with Gasteiger partial charge in [0.15, 0.2) is 17.3 Å². The maximum atomic E-state index is 13.2. The number of hydrogen-bond donors (Lipinski definition) is 0. The molecule has 0 radical (unpaired) electrons. The second kappa shape index (κ2) is 9.28. The largest absolute Gasteiger partial charge is 0.377 e. The molecule has 2 aromatic carbocycles. The Hall–Kier alpha value is -2.90. The van der Waals surface area contributed by atoms with Gasteiger partial charge in [-0.3, -0.25) is 9.59 Å². The number of benzene rings is 2. The van der Waals surface area contributed by atoms with Crippen LogP contribution in [0.1, 0.15) is 56.9 Å². The van der Waals surface area contributed by atoms with E-state index in [1.807, 2.05) is 6.92 Å². The molecule has 2 aliphatic carbocycles. The van der Waals surface area contributed by atoms with Crippen LogP contribution in [0, 0.1) is 0 Å². The zero-order valence-corrected chi connectivity index (χ0v) is 21.0. The highest BCUT2D eigenvalue weighted by Crippen LogP contribution is 2.49. The van der Waals surface area contributed by atoms with Gasteiger partial charge in [-0.25, -0.2) is 0 Å². The summed E-state index contributed by atoms with van der Waals surface area (Å²) in [6.45, 7) is 2.75. The smallest absolute Gasteiger partial charge is 0.339 e. The molecule has 0 aromatic heterocycles. The Morgan fingerprint density at radius 3 is 2.06 bits per heavy atom. The van der Waals surface area contributed by atoms with E-state index in [-0.39, 0.29) is 27.2 Å². The predicted molar refractivity (Wildman–Crippen MR) is 133 cm³/mol. The van der Waals surface area contributed by atoms with Crippen molar-refractivity contribution in [2.45, 2.75) is 56.3 Å². The third-order valence-corrected chi connectivity index (χ3v) is 8.47. The highest BCUT2D eigenvalue weighted by atomic mass is 35.5. The van der Waals surface area contributed by atoms with Crippen LogP contribution in [0.2, 0.25) is 5.02 Å². The minimum Gasteiger partial charge on any atom is -0.377 e. The van der Waals surface area contributed by atoms with Crippen molar-refractivity contribution in [3.63, 3.8) is 0 Å². The standard InChI is InChI=1S/C27H26ClNO5S/c1-2-29-20-10-6-12-22(30)26(20)25(27-21(29)11-7-13-23(27)31)17-14-15-24(19(28)16-17)34-35(32,33)18-8-4-3-5-9-18/h3-5,8-9,14-16,25H,2,6-7,10-13H2,1H3. The second-order valence-electron chi connectivity index (χ2n) is 8.99. The van der Waals surface area contributed by atoms with Crippen LogP contribution in [0.3, 0.4) is 0 Å². The number of allylic oxidation sites excluding steroid dienone is 4. The van der Waals surface area contributed by atoms with Crippen molar-refractivity contribution in [3.8, 4) is 5.75 Å². The van der Waals surface area contributed by atoms with Gasteiger partial charge in [0, 0.05) is 47.8 Å². The van der Waals surface area contributed by atoms with Gasteiger partial charge in [-0.2, -0.15) is 8.42 Å². The van der Waals surface area contributed by atoms with Crippen molar-refractivity contribution in [2.75, 3.05) is 6.54 Å². The number of nitrogens with zero attached hydrogens (tertiary/aromatic N) is 1. The fraction of sp³-hybridized carbons (Fsp3) is 0.333. The van der Waals surface area contributed by atoms with Gasteiger partial charge in [0.05, 0.1) is 5.02 Å². The van der Waals surface area contributed by atoms with Crippen molar-refractivity contribution in [3.05, 3.63) is 81.7 Å². The molecule has 0 unspecified atom stereocenters. The number of rotatable bonds is 5. The summed E-state index contributed by atoms with van der Waals surface area (Å²) in [4.78, 5) is 28.6. The molecule has 5 rings (SSSR count). The lowest BCUT2D eigenvalue weighted by atomic mass is 9.71. The van der Waals surface area contributed by atoms with Gasteiger partial charge in [0.1, 0.15) is 4.90 Å². The highest BCUT2D eigenvalue weighted by molar-refractivity contribution is 7.87. The van der Waals surface area contributed by atoms with Crippen molar-refractivity contribution < 1.29 is 22.2 Å². The lowest BCUT2D eigenvalue weighted by Crippen LogP contribution is -2.39. The molecule has 0 spiro atoms. The first-order valence-corrected chi connectivity index (χ1v) is 13.7. The lowest BCUT2D eigenvalue weighted by Gasteiger charge is -2.43. The van der Waals surface area contributed by atoms with Crippen LogP contribution in [-0.2, 0) is 19.7 Å². The normalized spacial score (nSPS) is 19.1. The minimum absolute atomic E-state index is 0.00129. The van der Waals surface area contributed by atoms with E-state index in [9.17, 15) is 18.0 Å². The fourth-order valence-corrected chi connectivity index (χ4v) is 6.69. The van der Waals surface area contributed by atoms with Gasteiger partial charge in [-0.15, -0.1) is 0 Å². The van der Waals surface area contributed by atoms with Crippen molar-refractivity contribution in [2.24, 2.45) is 0 Å². The number of hydrogen-bond acceptors (Lipinski definition) is 6. The van der Waals surface area contributed by atoms with Gasteiger partial charge in [-0.05, 0) is 62.4 Å². The fourth-order valence-electron chi connectivity index (χ4n) is 5.45. The molecule has 8 heteroatoms. The number of carbonyl (C=O) groups excluding carboxylic acids is 2. The van der Waals surface area contributed by atoms with Gasteiger partial charge in [-0.1, -0.05) is 35.9 Å². The molecule has 0 N–H and O–H groups in total. The van der Waals surface area contributed by atoms with Crippen LogP contribution < -0.4 is 4.18 Å². The summed E-state index contributed by atoms with van der Waals surface area (Å²) in [5.41, 5.74) is 4.05. The van der Waals surface area contributed by atoms with Crippen molar-refractivity contribution >= 4 is 33.3 Å². The Bertz CT molecular complexity index is 1330. The molecule has 0 saturated carbocycles. The van der Waals surface area contributed by atoms with Gasteiger partial charge >= 0.3 is 10.1 Å². The molecule has 0 bridgehead atoms. The van der Waals surface area contributed by atoms with E-state index in [2.05, 4.69) is 4.90 Å². The van der Waals surface area contributed by atoms with E-state index in [0.29, 0.717) is 36.1 Å². The SMILES string of the molecule is CCN1C2=C(C(=O)CCC2)C(c2ccc(OS(=O)(=O)c3ccccc3)c(Cl)c2)C2=C1CCCC2=O. The molecule has 182 valence electrons. The summed E-state index contributed by atoms with van der Waals surface area (Å²) in [6.07, 6.45) is 4.08. The van der Waals surface area contributed by atoms with Crippen LogP contribution in [0.4, 0.5) is 0 Å². The number of halogens is 1. The Kier molecular flexibility index (Phi) is 6.32. The second-order valence-corrected chi connectivity index (χ2v) is 10.9. The first-order valence-electron chi connectivity index (χ1n) is 11.9. The van der Waals surface area contributed by atoms with E-state index in [4.69, 9.17) is 15.8 Å². The molecule has 3 aliphatic rings. The molecular weight excluding hydrogens is 486 g/mol. The molecule has 0 atom stereocenters. The van der Waals surface area contributed by atoms with E-state index in [1.54, 1.807) is 30.3 Å². The molecular formula is C27H26ClNO5S. The summed E-state index contributed by atoms with van der Waals surface area (Å²) in [7, 11) is -4.06. The van der Waals surface area contributed by atoms with Crippen LogP contribution in [0.15, 0.2) is 76.0 Å². The Morgan fingerprint density at radius 2 is 1.51 bits per heavy atom. The maximum Gasteiger partial charge on any atom is 0.339 e. The first-order chi connectivity index (χ1) is 16.8. The number of carbonyl (C=O) groups is 2. The summed E-state index contributed by atoms with van der Waals surface area (Å²) in [5.74, 6) is -0.384. The van der Waals surface area contributed by atoms with Crippen LogP contribution in [0.5, 0.6) is 5.75 Å². The topological polar surface area (TPSA) is 80.8 Å². The minimum atomic E-state index is -4.06. The average Bonchev–Trinajstić information content (AvgIpc) is 2.85. The zero-order chi connectivity index (χ0) is 24.7. The average molecular weight is 512 g/mol. The molecule has 0 saturated heterocycles. The van der Waals surface area contributed by atoms with Gasteiger partial charge in [0.2, 0.25) is 0 Å². The van der Waals surface area contributed by atoms with E-state index in [0.717, 1.165) is 37.1 Å². The Balaban J connectivity index is 1.58. The van der Waals surface area contributed by atoms with Gasteiger partial charge < -0.3 is 9.08 Å². The lowest BCUT2D eigenvalue weighted by molar-refractivity contribution is -0.117. The van der Waals surface area contributed by atoms with Crippen LogP contribution in [-0.4, -0.2) is 31.4 Å². The highest BCUT2D eigenvalue weighted by Gasteiger charge is 2.43. The zero-order valence-electron chi connectivity index (χ0n) is 19.4. The van der Waals surface area contributed by atoms with E-state index < -0.39 is 16.0 Å². The molecule has 35 heavy (non-hydrogen) atoms. The predicted octanol–water partition coefficient (Wildman–Crippen LogP) is 5.54. The molecule has 0 fully saturated rings.